The molecule has 0 spiro atoms. The summed E-state index contributed by atoms with van der Waals surface area (Å²) in [6.07, 6.45) is -14.7. The lowest BCUT2D eigenvalue weighted by Crippen LogP contribution is -2.52. The Morgan fingerprint density at radius 3 is 1.17 bits per heavy atom. The minimum absolute atomic E-state index is 0.631. The second kappa shape index (κ2) is 16.6. The van der Waals surface area contributed by atoms with Crippen LogP contribution in [0.25, 0.3) is 0 Å². The fourth-order valence-corrected chi connectivity index (χ4v) is 2.68. The topological polar surface area (TPSA) is 301 Å². The number of rotatable bonds is 18. The van der Waals surface area contributed by atoms with Gasteiger partial charge in [-0.1, -0.05) is 0 Å². The Morgan fingerprint density at radius 1 is 0.571 bits per heavy atom. The van der Waals surface area contributed by atoms with Gasteiger partial charge in [0, 0.05) is 13.1 Å². The number of nitrogens with zero attached hydrogens (tertiary/aromatic N) is 1. The summed E-state index contributed by atoms with van der Waals surface area (Å²) in [6.45, 7) is -5.17. The van der Waals surface area contributed by atoms with Crippen molar-refractivity contribution in [3.8, 4) is 0 Å². The highest BCUT2D eigenvalue weighted by atomic mass is 16.4. The average Bonchev–Trinajstić information content (AvgIpc) is 2.82. The quantitative estimate of drug-likeness (QED) is 0.0802. The molecular formula is C18H35N3O14. The molecule has 0 aliphatic carbocycles. The molecule has 0 unspecified atom stereocenters. The molecule has 0 bridgehead atoms. The molecule has 0 rings (SSSR count). The molecule has 13 N–H and O–H groups in total. The van der Waals surface area contributed by atoms with Crippen LogP contribution in [0, 0.1) is 0 Å². The standard InChI is InChI=1S/C18H35N3O14/c22-6-10(26)17(34)15(32)8(24)1-19-12(28)3-21(5-14(30)31)4-13(29)20-2-9(25)16(33)18(35)11(27)7-23/h8-11,15-18,22-27,32-35H,1-7H2,(H,19,28)(H,20,29)(H,30,31)/t8-,9-,10+,11+,15+,16+,17+,18+/m0/s1. The predicted octanol–water partition coefficient (Wildman–Crippen LogP) is -8.52. The van der Waals surface area contributed by atoms with Gasteiger partial charge in [-0.15, -0.1) is 0 Å². The van der Waals surface area contributed by atoms with Gasteiger partial charge in [0.2, 0.25) is 11.8 Å². The number of aliphatic hydroxyl groups excluding tert-OH is 10. The molecule has 0 heterocycles. The van der Waals surface area contributed by atoms with Gasteiger partial charge in [-0.25, -0.2) is 0 Å². The Bertz CT molecular complexity index is 610. The molecular weight excluding hydrogens is 482 g/mol. The zero-order valence-electron chi connectivity index (χ0n) is 18.7. The van der Waals surface area contributed by atoms with Crippen molar-refractivity contribution in [3.05, 3.63) is 0 Å². The first-order valence-electron chi connectivity index (χ1n) is 10.4. The summed E-state index contributed by atoms with van der Waals surface area (Å²) in [7, 11) is 0. The van der Waals surface area contributed by atoms with Crippen LogP contribution >= 0.6 is 0 Å². The first-order chi connectivity index (χ1) is 16.2. The lowest BCUT2D eigenvalue weighted by Gasteiger charge is -2.26. The molecule has 0 aliphatic heterocycles. The second-order valence-electron chi connectivity index (χ2n) is 7.74. The van der Waals surface area contributed by atoms with Gasteiger partial charge in [0.1, 0.15) is 36.6 Å². The van der Waals surface area contributed by atoms with Crippen LogP contribution in [-0.2, 0) is 14.4 Å². The number of carboxylic acids is 1. The SMILES string of the molecule is O=C(O)CN(CC(=O)NC[C@H](O)[C@@H](O)[C@H](O)[C@H](O)CO)CC(=O)NC[C@H](O)[C@@H](O)[C@H](O)[C@H](O)CO. The summed E-state index contributed by atoms with van der Waals surface area (Å²) < 4.78 is 0. The van der Waals surface area contributed by atoms with Gasteiger partial charge >= 0.3 is 5.97 Å². The molecule has 17 nitrogen and oxygen atoms in total. The van der Waals surface area contributed by atoms with Crippen LogP contribution in [0.15, 0.2) is 0 Å². The minimum Gasteiger partial charge on any atom is -0.480 e. The summed E-state index contributed by atoms with van der Waals surface area (Å²) in [6, 6.07) is 0. The number of hydrogen-bond donors (Lipinski definition) is 13. The van der Waals surface area contributed by atoms with Crippen LogP contribution in [0.5, 0.6) is 0 Å². The van der Waals surface area contributed by atoms with E-state index in [4.69, 9.17) is 15.3 Å². The maximum Gasteiger partial charge on any atom is 0.317 e. The first-order valence-corrected chi connectivity index (χ1v) is 10.4. The van der Waals surface area contributed by atoms with Gasteiger partial charge in [-0.3, -0.25) is 19.3 Å². The summed E-state index contributed by atoms with van der Waals surface area (Å²) >= 11 is 0. The van der Waals surface area contributed by atoms with Crippen LogP contribution in [0.1, 0.15) is 0 Å². The molecule has 0 fully saturated rings. The van der Waals surface area contributed by atoms with Crippen molar-refractivity contribution in [3.63, 3.8) is 0 Å². The molecule has 17 heteroatoms. The van der Waals surface area contributed by atoms with E-state index < -0.39 is 113 Å². The molecule has 0 radical (unpaired) electrons. The number of carbonyl (C=O) groups is 3. The molecule has 0 aromatic rings. The fraction of sp³-hybridized carbons (Fsp3) is 0.833. The van der Waals surface area contributed by atoms with E-state index in [0.717, 1.165) is 4.90 Å². The largest absolute Gasteiger partial charge is 0.480 e. The van der Waals surface area contributed by atoms with Gasteiger partial charge in [-0.05, 0) is 0 Å². The summed E-state index contributed by atoms with van der Waals surface area (Å²) in [5.74, 6) is -3.18. The third-order valence-electron chi connectivity index (χ3n) is 4.76. The maximum absolute atomic E-state index is 12.1. The monoisotopic (exact) mass is 517 g/mol. The summed E-state index contributed by atoms with van der Waals surface area (Å²) in [5, 5.41) is 107. The zero-order chi connectivity index (χ0) is 27.3. The van der Waals surface area contributed by atoms with E-state index in [0.29, 0.717) is 0 Å². The molecule has 2 amide bonds. The molecule has 206 valence electrons. The van der Waals surface area contributed by atoms with E-state index in [1.807, 2.05) is 0 Å². The number of carbonyl (C=O) groups excluding carboxylic acids is 2. The molecule has 0 aromatic carbocycles. The Labute approximate surface area is 199 Å². The van der Waals surface area contributed by atoms with Gasteiger partial charge in [0.15, 0.2) is 0 Å². The summed E-state index contributed by atoms with van der Waals surface area (Å²) in [5.41, 5.74) is 0. The van der Waals surface area contributed by atoms with E-state index >= 15 is 0 Å². The number of carboxylic acid groups (broad SMARTS) is 1. The summed E-state index contributed by atoms with van der Waals surface area (Å²) in [4.78, 5) is 36.0. The van der Waals surface area contributed by atoms with E-state index in [-0.39, 0.29) is 0 Å². The van der Waals surface area contributed by atoms with Gasteiger partial charge in [-0.2, -0.15) is 0 Å². The Hall–Kier alpha value is -2.03. The van der Waals surface area contributed by atoms with Gasteiger partial charge < -0.3 is 66.8 Å². The van der Waals surface area contributed by atoms with Gasteiger partial charge in [0.05, 0.1) is 45.1 Å². The smallest absolute Gasteiger partial charge is 0.317 e. The average molecular weight is 517 g/mol. The lowest BCUT2D eigenvalue weighted by atomic mass is 10.0. The van der Waals surface area contributed by atoms with Crippen molar-refractivity contribution >= 4 is 17.8 Å². The van der Waals surface area contributed by atoms with E-state index in [2.05, 4.69) is 10.6 Å². The third kappa shape index (κ3) is 12.5. The number of hydrogen-bond acceptors (Lipinski definition) is 14. The van der Waals surface area contributed by atoms with Crippen molar-refractivity contribution in [2.24, 2.45) is 0 Å². The predicted molar refractivity (Wildman–Crippen MR) is 112 cm³/mol. The van der Waals surface area contributed by atoms with Crippen molar-refractivity contribution in [1.29, 1.82) is 0 Å². The molecule has 35 heavy (non-hydrogen) atoms. The highest BCUT2D eigenvalue weighted by molar-refractivity contribution is 5.82. The number of aliphatic carboxylic acids is 1. The molecule has 0 saturated heterocycles. The van der Waals surface area contributed by atoms with Gasteiger partial charge in [0.25, 0.3) is 0 Å². The lowest BCUT2D eigenvalue weighted by molar-refractivity contribution is -0.139. The molecule has 0 aromatic heterocycles. The fourth-order valence-electron chi connectivity index (χ4n) is 2.68. The minimum atomic E-state index is -1.93. The maximum atomic E-state index is 12.1. The zero-order valence-corrected chi connectivity index (χ0v) is 18.7. The number of aliphatic hydroxyl groups is 10. The molecule has 0 aliphatic rings. The Balaban J connectivity index is 4.75. The molecule has 8 atom stereocenters. The molecule has 0 saturated carbocycles. The van der Waals surface area contributed by atoms with E-state index in [9.17, 15) is 55.2 Å². The van der Waals surface area contributed by atoms with E-state index in [1.165, 1.54) is 0 Å². The first kappa shape index (κ1) is 33.0. The normalized spacial score (nSPS) is 18.6. The number of nitrogens with one attached hydrogen (secondary N) is 2. The second-order valence-corrected chi connectivity index (χ2v) is 7.74. The van der Waals surface area contributed by atoms with Crippen molar-refractivity contribution < 1.29 is 70.6 Å². The van der Waals surface area contributed by atoms with Crippen LogP contribution in [0.2, 0.25) is 0 Å². The van der Waals surface area contributed by atoms with E-state index in [1.54, 1.807) is 0 Å². The van der Waals surface area contributed by atoms with Crippen LogP contribution in [-0.4, -0.2) is 174 Å². The van der Waals surface area contributed by atoms with Crippen LogP contribution < -0.4 is 10.6 Å². The van der Waals surface area contributed by atoms with Crippen LogP contribution in [0.4, 0.5) is 0 Å². The van der Waals surface area contributed by atoms with Crippen molar-refractivity contribution in [2.45, 2.75) is 48.8 Å². The highest BCUT2D eigenvalue weighted by Crippen LogP contribution is 2.05. The van der Waals surface area contributed by atoms with Crippen molar-refractivity contribution in [2.75, 3.05) is 45.9 Å². The number of amides is 2. The Morgan fingerprint density at radius 2 is 0.886 bits per heavy atom. The third-order valence-corrected chi connectivity index (χ3v) is 4.76. The Kier molecular flexibility index (Phi) is 15.6. The van der Waals surface area contributed by atoms with Crippen LogP contribution in [0.3, 0.4) is 0 Å². The van der Waals surface area contributed by atoms with Crippen molar-refractivity contribution in [1.82, 2.24) is 15.5 Å². The highest BCUT2D eigenvalue weighted by Gasteiger charge is 2.31.